The monoisotopic (exact) mass is 399 g/mol. The molecule has 0 saturated heterocycles. The number of fused-ring (bicyclic) bond motifs is 1. The topological polar surface area (TPSA) is 33.1 Å². The second kappa shape index (κ2) is 8.60. The third-order valence-electron chi connectivity index (χ3n) is 5.00. The van der Waals surface area contributed by atoms with E-state index in [9.17, 15) is 5.11 Å². The molecule has 0 bridgehead atoms. The summed E-state index contributed by atoms with van der Waals surface area (Å²) in [6, 6.07) is 26.2. The van der Waals surface area contributed by atoms with Gasteiger partial charge in [0.15, 0.2) is 0 Å². The highest BCUT2D eigenvalue weighted by atomic mass is 35.5. The van der Waals surface area contributed by atoms with Gasteiger partial charge in [0.2, 0.25) is 0 Å². The number of nitrogens with zero attached hydrogens (tertiary/aromatic N) is 1. The van der Waals surface area contributed by atoms with Gasteiger partial charge in [-0.05, 0) is 65.1 Å². The number of benzene rings is 3. The molecule has 144 valence electrons. The van der Waals surface area contributed by atoms with E-state index in [1.807, 2.05) is 55.5 Å². The maximum Gasteiger partial charge on any atom is 0.0787 e. The van der Waals surface area contributed by atoms with E-state index in [1.165, 1.54) is 0 Å². The van der Waals surface area contributed by atoms with E-state index in [0.29, 0.717) is 11.4 Å². The normalized spacial score (nSPS) is 12.5. The van der Waals surface area contributed by atoms with Crippen LogP contribution in [0.1, 0.15) is 36.3 Å². The molecule has 0 radical (unpaired) electrons. The maximum atomic E-state index is 10.1. The molecule has 1 unspecified atom stereocenters. The molecule has 0 saturated carbocycles. The molecule has 2 nitrogen and oxygen atoms in total. The summed E-state index contributed by atoms with van der Waals surface area (Å²) >= 11 is 6.09. The van der Waals surface area contributed by atoms with Crippen molar-refractivity contribution in [1.82, 2.24) is 4.98 Å². The summed E-state index contributed by atoms with van der Waals surface area (Å²) in [6.07, 6.45) is 4.35. The molecule has 4 rings (SSSR count). The van der Waals surface area contributed by atoms with Crippen molar-refractivity contribution >= 4 is 34.7 Å². The zero-order chi connectivity index (χ0) is 20.2. The van der Waals surface area contributed by atoms with Crippen LogP contribution < -0.4 is 0 Å². The number of rotatable bonds is 5. The number of hydrogen-bond donors (Lipinski definition) is 1. The van der Waals surface area contributed by atoms with Crippen LogP contribution in [-0.2, 0) is 0 Å². The first-order valence-electron chi connectivity index (χ1n) is 9.75. The van der Waals surface area contributed by atoms with Crippen LogP contribution in [0, 0.1) is 0 Å². The molecule has 0 aliphatic carbocycles. The fourth-order valence-electron chi connectivity index (χ4n) is 3.36. The number of aromatic nitrogens is 1. The van der Waals surface area contributed by atoms with Crippen LogP contribution >= 0.6 is 11.6 Å². The van der Waals surface area contributed by atoms with E-state index >= 15 is 0 Å². The van der Waals surface area contributed by atoms with E-state index in [2.05, 4.69) is 47.5 Å². The van der Waals surface area contributed by atoms with Crippen LogP contribution in [0.15, 0.2) is 78.9 Å². The molecule has 0 spiro atoms. The minimum atomic E-state index is -0.425. The molecule has 1 heterocycles. The predicted molar refractivity (Wildman–Crippen MR) is 123 cm³/mol. The quantitative estimate of drug-likeness (QED) is 0.386. The Bertz CT molecular complexity index is 1180. The second-order valence-electron chi connectivity index (χ2n) is 7.08. The van der Waals surface area contributed by atoms with Crippen LogP contribution in [0.2, 0.25) is 5.02 Å². The van der Waals surface area contributed by atoms with Gasteiger partial charge < -0.3 is 5.11 Å². The van der Waals surface area contributed by atoms with Gasteiger partial charge in [0.25, 0.3) is 0 Å². The van der Waals surface area contributed by atoms with Crippen molar-refractivity contribution in [3.63, 3.8) is 0 Å². The lowest BCUT2D eigenvalue weighted by Crippen LogP contribution is -1.95. The SMILES string of the molecule is CCC(O)c1cccc(-c2cccc(C=Cc3ccc4ccc(Cl)cc4n3)c2)c1. The molecule has 29 heavy (non-hydrogen) atoms. The van der Waals surface area contributed by atoms with Gasteiger partial charge >= 0.3 is 0 Å². The third kappa shape index (κ3) is 4.56. The Morgan fingerprint density at radius 1 is 0.897 bits per heavy atom. The van der Waals surface area contributed by atoms with E-state index in [4.69, 9.17) is 11.6 Å². The number of hydrogen-bond acceptors (Lipinski definition) is 2. The molecule has 0 aliphatic rings. The highest BCUT2D eigenvalue weighted by Gasteiger charge is 2.06. The summed E-state index contributed by atoms with van der Waals surface area (Å²) in [5.74, 6) is 0. The second-order valence-corrected chi connectivity index (χ2v) is 7.52. The Labute approximate surface area is 176 Å². The molecule has 3 heteroatoms. The fourth-order valence-corrected chi connectivity index (χ4v) is 3.53. The molecule has 4 aromatic rings. The summed E-state index contributed by atoms with van der Waals surface area (Å²) < 4.78 is 0. The van der Waals surface area contributed by atoms with Crippen molar-refractivity contribution in [1.29, 1.82) is 0 Å². The molecule has 1 N–H and O–H groups in total. The van der Waals surface area contributed by atoms with Gasteiger partial charge in [-0.15, -0.1) is 0 Å². The molecule has 0 fully saturated rings. The van der Waals surface area contributed by atoms with Gasteiger partial charge in [0, 0.05) is 10.4 Å². The molecule has 0 amide bonds. The van der Waals surface area contributed by atoms with Gasteiger partial charge in [0.05, 0.1) is 17.3 Å². The molecular weight excluding hydrogens is 378 g/mol. The van der Waals surface area contributed by atoms with Crippen molar-refractivity contribution in [2.75, 3.05) is 0 Å². The summed E-state index contributed by atoms with van der Waals surface area (Å²) in [7, 11) is 0. The van der Waals surface area contributed by atoms with Gasteiger partial charge in [-0.1, -0.05) is 73.1 Å². The van der Waals surface area contributed by atoms with Crippen LogP contribution in [0.5, 0.6) is 0 Å². The Morgan fingerprint density at radius 3 is 2.48 bits per heavy atom. The zero-order valence-electron chi connectivity index (χ0n) is 16.2. The molecule has 1 aromatic heterocycles. The largest absolute Gasteiger partial charge is 0.388 e. The third-order valence-corrected chi connectivity index (χ3v) is 5.24. The summed E-state index contributed by atoms with van der Waals surface area (Å²) in [5.41, 5.74) is 6.04. The number of aliphatic hydroxyl groups excluding tert-OH is 1. The van der Waals surface area contributed by atoms with Gasteiger partial charge in [-0.25, -0.2) is 4.98 Å². The van der Waals surface area contributed by atoms with Crippen LogP contribution in [0.25, 0.3) is 34.2 Å². The van der Waals surface area contributed by atoms with E-state index < -0.39 is 6.10 Å². The lowest BCUT2D eigenvalue weighted by atomic mass is 9.98. The molecule has 0 aliphatic heterocycles. The van der Waals surface area contributed by atoms with E-state index in [-0.39, 0.29) is 0 Å². The van der Waals surface area contributed by atoms with Crippen molar-refractivity contribution in [2.45, 2.75) is 19.4 Å². The highest BCUT2D eigenvalue weighted by molar-refractivity contribution is 6.31. The lowest BCUT2D eigenvalue weighted by Gasteiger charge is -2.10. The van der Waals surface area contributed by atoms with Gasteiger partial charge in [-0.3, -0.25) is 0 Å². The van der Waals surface area contributed by atoms with Gasteiger partial charge in [-0.2, -0.15) is 0 Å². The first kappa shape index (κ1) is 19.4. The van der Waals surface area contributed by atoms with Crippen molar-refractivity contribution in [2.24, 2.45) is 0 Å². The predicted octanol–water partition coefficient (Wildman–Crippen LogP) is 7.17. The minimum Gasteiger partial charge on any atom is -0.388 e. The smallest absolute Gasteiger partial charge is 0.0787 e. The van der Waals surface area contributed by atoms with Crippen LogP contribution in [-0.4, -0.2) is 10.1 Å². The maximum absolute atomic E-state index is 10.1. The minimum absolute atomic E-state index is 0.425. The first-order valence-corrected chi connectivity index (χ1v) is 10.1. The summed E-state index contributed by atoms with van der Waals surface area (Å²) in [4.78, 5) is 4.67. The average Bonchev–Trinajstić information content (AvgIpc) is 2.77. The standard InChI is InChI=1S/C26H22ClNO/c1-2-26(29)22-8-4-7-21(16-22)20-6-3-5-18(15-20)9-13-24-14-11-19-10-12-23(27)17-25(19)28-24/h3-17,26,29H,2H2,1H3. The Hall–Kier alpha value is -2.94. The Morgan fingerprint density at radius 2 is 1.66 bits per heavy atom. The average molecular weight is 400 g/mol. The van der Waals surface area contributed by atoms with Crippen molar-refractivity contribution in [3.8, 4) is 11.1 Å². The summed E-state index contributed by atoms with van der Waals surface area (Å²) in [6.45, 7) is 1.98. The van der Waals surface area contributed by atoms with E-state index in [1.54, 1.807) is 0 Å². The highest BCUT2D eigenvalue weighted by Crippen LogP contribution is 2.26. The molecular formula is C26H22ClNO. The first-order chi connectivity index (χ1) is 14.1. The molecule has 1 atom stereocenters. The van der Waals surface area contributed by atoms with Crippen LogP contribution in [0.4, 0.5) is 0 Å². The van der Waals surface area contributed by atoms with Crippen molar-refractivity contribution < 1.29 is 5.11 Å². The Kier molecular flexibility index (Phi) is 5.75. The molecule has 3 aromatic carbocycles. The fraction of sp³-hybridized carbons (Fsp3) is 0.115. The lowest BCUT2D eigenvalue weighted by molar-refractivity contribution is 0.174. The number of pyridine rings is 1. The number of aliphatic hydroxyl groups is 1. The van der Waals surface area contributed by atoms with Crippen LogP contribution in [0.3, 0.4) is 0 Å². The number of halogens is 1. The Balaban J connectivity index is 1.61. The van der Waals surface area contributed by atoms with E-state index in [0.717, 1.165) is 38.9 Å². The van der Waals surface area contributed by atoms with Crippen molar-refractivity contribution in [3.05, 3.63) is 101 Å². The summed E-state index contributed by atoms with van der Waals surface area (Å²) in [5, 5.41) is 11.9. The van der Waals surface area contributed by atoms with Gasteiger partial charge in [0.1, 0.15) is 0 Å². The zero-order valence-corrected chi connectivity index (χ0v) is 17.0.